The maximum Gasteiger partial charge on any atom is 0.270 e. The van der Waals surface area contributed by atoms with Gasteiger partial charge in [-0.3, -0.25) is 14.4 Å². The number of amides is 3. The third-order valence-corrected chi connectivity index (χ3v) is 4.64. The highest BCUT2D eigenvalue weighted by Gasteiger charge is 2.28. The summed E-state index contributed by atoms with van der Waals surface area (Å²) in [6.07, 6.45) is 3.94. The molecule has 2 rings (SSSR count). The fraction of sp³-hybridized carbons (Fsp3) is 0.750. The van der Waals surface area contributed by atoms with E-state index < -0.39 is 0 Å². The summed E-state index contributed by atoms with van der Waals surface area (Å²) < 4.78 is 0. The minimum absolute atomic E-state index is 0.0786. The highest BCUT2D eigenvalue weighted by atomic mass is 16.2. The number of hydrogen-bond donors (Lipinski definition) is 2. The van der Waals surface area contributed by atoms with Gasteiger partial charge in [-0.1, -0.05) is 13.8 Å². The minimum atomic E-state index is -0.149. The number of carbonyl (C=O) groups is 3. The molecule has 1 saturated heterocycles. The molecule has 7 heteroatoms. The van der Waals surface area contributed by atoms with Gasteiger partial charge in [0, 0.05) is 37.9 Å². The van der Waals surface area contributed by atoms with Gasteiger partial charge in [-0.25, -0.2) is 5.43 Å². The second-order valence-electron chi connectivity index (χ2n) is 6.18. The first-order valence-corrected chi connectivity index (χ1v) is 8.50. The molecule has 2 heterocycles. The Morgan fingerprint density at radius 1 is 1.26 bits per heavy atom. The number of nitrogens with zero attached hydrogens (tertiary/aromatic N) is 2. The fourth-order valence-corrected chi connectivity index (χ4v) is 3.02. The molecule has 0 unspecified atom stereocenters. The standard InChI is InChI=1S/C16H26N4O3/c1-3-11(4-2)15(22)17-12-7-9-20(10-8-12)16(23)13-5-6-14(21)19-18-13/h11-12H,3-10H2,1-2H3,(H,17,22)(H,19,21). The number of hydrazone groups is 1. The molecule has 0 aromatic heterocycles. The van der Waals surface area contributed by atoms with Gasteiger partial charge in [-0.05, 0) is 25.7 Å². The Hall–Kier alpha value is -1.92. The van der Waals surface area contributed by atoms with E-state index in [2.05, 4.69) is 15.8 Å². The molecule has 0 aliphatic carbocycles. The normalized spacial score (nSPS) is 19.3. The summed E-state index contributed by atoms with van der Waals surface area (Å²) in [6.45, 7) is 5.27. The van der Waals surface area contributed by atoms with Crippen molar-refractivity contribution in [1.82, 2.24) is 15.6 Å². The SMILES string of the molecule is CCC(CC)C(=O)NC1CCN(C(=O)C2=NNC(=O)CC2)CC1. The van der Waals surface area contributed by atoms with Gasteiger partial charge in [0.2, 0.25) is 11.8 Å². The predicted octanol–water partition coefficient (Wildman–Crippen LogP) is 0.796. The van der Waals surface area contributed by atoms with Gasteiger partial charge in [-0.15, -0.1) is 0 Å². The molecule has 0 aromatic rings. The zero-order chi connectivity index (χ0) is 16.8. The van der Waals surface area contributed by atoms with Gasteiger partial charge in [-0.2, -0.15) is 5.10 Å². The number of piperidine rings is 1. The van der Waals surface area contributed by atoms with Crippen LogP contribution >= 0.6 is 0 Å². The molecule has 0 aromatic carbocycles. The number of carbonyl (C=O) groups excluding carboxylic acids is 3. The number of hydrogen-bond acceptors (Lipinski definition) is 4. The van der Waals surface area contributed by atoms with E-state index in [1.807, 2.05) is 13.8 Å². The molecule has 1 fully saturated rings. The number of nitrogens with one attached hydrogen (secondary N) is 2. The Kier molecular flexibility index (Phi) is 6.12. The molecule has 0 atom stereocenters. The Labute approximate surface area is 136 Å². The van der Waals surface area contributed by atoms with Crippen LogP contribution < -0.4 is 10.7 Å². The van der Waals surface area contributed by atoms with Crippen LogP contribution in [0.4, 0.5) is 0 Å². The third kappa shape index (κ3) is 4.53. The zero-order valence-corrected chi connectivity index (χ0v) is 13.9. The highest BCUT2D eigenvalue weighted by molar-refractivity contribution is 6.39. The van der Waals surface area contributed by atoms with Crippen LogP contribution in [0, 0.1) is 5.92 Å². The molecule has 0 spiro atoms. The summed E-state index contributed by atoms with van der Waals surface area (Å²) in [5, 5.41) is 6.96. The van der Waals surface area contributed by atoms with Crippen LogP contribution in [0.3, 0.4) is 0 Å². The van der Waals surface area contributed by atoms with E-state index >= 15 is 0 Å². The zero-order valence-electron chi connectivity index (χ0n) is 13.9. The summed E-state index contributed by atoms with van der Waals surface area (Å²) in [5.74, 6) is -0.0480. The third-order valence-electron chi connectivity index (χ3n) is 4.64. The Morgan fingerprint density at radius 2 is 1.91 bits per heavy atom. The lowest BCUT2D eigenvalue weighted by Crippen LogP contribution is -2.49. The van der Waals surface area contributed by atoms with Crippen LogP contribution in [0.1, 0.15) is 52.4 Å². The quantitative estimate of drug-likeness (QED) is 0.784. The number of rotatable bonds is 5. The van der Waals surface area contributed by atoms with E-state index in [-0.39, 0.29) is 29.7 Å². The van der Waals surface area contributed by atoms with Crippen LogP contribution in [0.5, 0.6) is 0 Å². The monoisotopic (exact) mass is 322 g/mol. The van der Waals surface area contributed by atoms with Gasteiger partial charge in [0.25, 0.3) is 5.91 Å². The van der Waals surface area contributed by atoms with E-state index in [9.17, 15) is 14.4 Å². The van der Waals surface area contributed by atoms with Gasteiger partial charge >= 0.3 is 0 Å². The lowest BCUT2D eigenvalue weighted by Gasteiger charge is -2.33. The van der Waals surface area contributed by atoms with E-state index in [0.717, 1.165) is 25.7 Å². The summed E-state index contributed by atoms with van der Waals surface area (Å²) in [6, 6.07) is 0.139. The maximum atomic E-state index is 12.3. The van der Waals surface area contributed by atoms with E-state index in [1.165, 1.54) is 0 Å². The van der Waals surface area contributed by atoms with Crippen molar-refractivity contribution < 1.29 is 14.4 Å². The summed E-state index contributed by atoms with van der Waals surface area (Å²) in [5.41, 5.74) is 2.78. The van der Waals surface area contributed by atoms with Gasteiger partial charge in [0.05, 0.1) is 0 Å². The van der Waals surface area contributed by atoms with Gasteiger partial charge < -0.3 is 10.2 Å². The van der Waals surface area contributed by atoms with E-state index in [1.54, 1.807) is 4.90 Å². The Bertz CT molecular complexity index is 492. The fourth-order valence-electron chi connectivity index (χ4n) is 3.02. The van der Waals surface area contributed by atoms with Crippen LogP contribution in [0.2, 0.25) is 0 Å². The average Bonchev–Trinajstić information content (AvgIpc) is 2.57. The van der Waals surface area contributed by atoms with Gasteiger partial charge in [0.1, 0.15) is 5.71 Å². The first kappa shape index (κ1) is 17.4. The minimum Gasteiger partial charge on any atom is -0.353 e. The molecule has 128 valence electrons. The predicted molar refractivity (Wildman–Crippen MR) is 86.6 cm³/mol. The summed E-state index contributed by atoms with van der Waals surface area (Å²) >= 11 is 0. The van der Waals surface area contributed by atoms with Crippen molar-refractivity contribution in [2.75, 3.05) is 13.1 Å². The van der Waals surface area contributed by atoms with Crippen LogP contribution in [-0.4, -0.2) is 47.5 Å². The molecular formula is C16H26N4O3. The largest absolute Gasteiger partial charge is 0.353 e. The van der Waals surface area contributed by atoms with Crippen molar-refractivity contribution in [3.63, 3.8) is 0 Å². The van der Waals surface area contributed by atoms with E-state index in [4.69, 9.17) is 0 Å². The highest BCUT2D eigenvalue weighted by Crippen LogP contribution is 2.15. The van der Waals surface area contributed by atoms with Crippen molar-refractivity contribution in [2.45, 2.75) is 58.4 Å². The lowest BCUT2D eigenvalue weighted by atomic mass is 9.99. The molecule has 0 radical (unpaired) electrons. The molecule has 2 N–H and O–H groups in total. The second kappa shape index (κ2) is 8.08. The first-order valence-electron chi connectivity index (χ1n) is 8.50. The smallest absolute Gasteiger partial charge is 0.270 e. The van der Waals surface area contributed by atoms with Gasteiger partial charge in [0.15, 0.2) is 0 Å². The molecule has 23 heavy (non-hydrogen) atoms. The summed E-state index contributed by atoms with van der Waals surface area (Å²) in [7, 11) is 0. The van der Waals surface area contributed by atoms with Crippen molar-refractivity contribution in [3.05, 3.63) is 0 Å². The average molecular weight is 322 g/mol. The maximum absolute atomic E-state index is 12.3. The topological polar surface area (TPSA) is 90.9 Å². The second-order valence-corrected chi connectivity index (χ2v) is 6.18. The molecule has 0 bridgehead atoms. The van der Waals surface area contributed by atoms with Crippen molar-refractivity contribution in [2.24, 2.45) is 11.0 Å². The lowest BCUT2D eigenvalue weighted by molar-refractivity contribution is -0.127. The Morgan fingerprint density at radius 3 is 2.43 bits per heavy atom. The molecular weight excluding hydrogens is 296 g/mol. The molecule has 2 aliphatic rings. The molecule has 7 nitrogen and oxygen atoms in total. The number of likely N-dealkylation sites (tertiary alicyclic amines) is 1. The van der Waals surface area contributed by atoms with Crippen molar-refractivity contribution in [1.29, 1.82) is 0 Å². The Balaban J connectivity index is 1.80. The molecule has 3 amide bonds. The summed E-state index contributed by atoms with van der Waals surface area (Å²) in [4.78, 5) is 37.3. The molecule has 0 saturated carbocycles. The van der Waals surface area contributed by atoms with Crippen LogP contribution in [0.15, 0.2) is 5.10 Å². The van der Waals surface area contributed by atoms with Crippen LogP contribution in [0.25, 0.3) is 0 Å². The first-order chi connectivity index (χ1) is 11.0. The van der Waals surface area contributed by atoms with E-state index in [0.29, 0.717) is 31.6 Å². The van der Waals surface area contributed by atoms with Crippen molar-refractivity contribution in [3.8, 4) is 0 Å². The van der Waals surface area contributed by atoms with Crippen molar-refractivity contribution >= 4 is 23.4 Å². The molecule has 2 aliphatic heterocycles. The van der Waals surface area contributed by atoms with Crippen LogP contribution in [-0.2, 0) is 14.4 Å².